The monoisotopic (exact) mass is 462 g/mol. The number of halogens is 1. The van der Waals surface area contributed by atoms with Crippen LogP contribution in [0.25, 0.3) is 5.57 Å². The van der Waals surface area contributed by atoms with Gasteiger partial charge in [-0.3, -0.25) is 0 Å². The Hall–Kier alpha value is -2.62. The van der Waals surface area contributed by atoms with Crippen molar-refractivity contribution in [3.8, 4) is 0 Å². The van der Waals surface area contributed by atoms with Crippen molar-refractivity contribution in [3.63, 3.8) is 0 Å². The Morgan fingerprint density at radius 2 is 2.19 bits per heavy atom. The Balaban J connectivity index is 1.61. The smallest absolute Gasteiger partial charge is 0.329 e. The van der Waals surface area contributed by atoms with Crippen LogP contribution in [0.4, 0.5) is 5.13 Å². The minimum atomic E-state index is -0.588. The molecule has 1 aliphatic rings. The van der Waals surface area contributed by atoms with Gasteiger partial charge in [0.05, 0.1) is 11.1 Å². The molecule has 1 aromatic heterocycles. The normalized spacial score (nSPS) is 14.9. The van der Waals surface area contributed by atoms with E-state index in [2.05, 4.69) is 27.1 Å². The van der Waals surface area contributed by atoms with Crippen molar-refractivity contribution in [2.45, 2.75) is 32.8 Å². The standard InChI is InChI=1S/C21H27ClN6O2S/c1-21(2,3)30-18(29)13-28(24)26-19(23)17-12-25-20(31-17)27-9-7-14(8-10-27)15-5-4-6-16(22)11-15/h4-7,11-12H,8-10,13,24H2,1-3H3,(H2,23,26). The van der Waals surface area contributed by atoms with E-state index in [-0.39, 0.29) is 12.4 Å². The molecule has 0 fully saturated rings. The number of aromatic nitrogens is 1. The zero-order chi connectivity index (χ0) is 22.6. The molecule has 10 heteroatoms. The highest BCUT2D eigenvalue weighted by Crippen LogP contribution is 2.29. The molecular formula is C21H27ClN6O2S. The predicted molar refractivity (Wildman–Crippen MR) is 126 cm³/mol. The van der Waals surface area contributed by atoms with Crippen molar-refractivity contribution in [2.24, 2.45) is 16.7 Å². The van der Waals surface area contributed by atoms with Crippen molar-refractivity contribution in [1.82, 2.24) is 10.1 Å². The van der Waals surface area contributed by atoms with Gasteiger partial charge in [-0.05, 0) is 50.5 Å². The first-order valence-corrected chi connectivity index (χ1v) is 11.0. The summed E-state index contributed by atoms with van der Waals surface area (Å²) in [5.41, 5.74) is 7.89. The maximum atomic E-state index is 11.9. The fourth-order valence-electron chi connectivity index (χ4n) is 3.05. The number of nitrogens with zero attached hydrogens (tertiary/aromatic N) is 4. The van der Waals surface area contributed by atoms with Crippen LogP contribution in [0.5, 0.6) is 0 Å². The fraction of sp³-hybridized carbons (Fsp3) is 0.381. The first-order chi connectivity index (χ1) is 14.6. The van der Waals surface area contributed by atoms with E-state index in [1.165, 1.54) is 16.9 Å². The van der Waals surface area contributed by atoms with Gasteiger partial charge in [-0.2, -0.15) is 0 Å². The Morgan fingerprint density at radius 3 is 2.84 bits per heavy atom. The molecule has 0 atom stereocenters. The molecule has 4 N–H and O–H groups in total. The van der Waals surface area contributed by atoms with Crippen LogP contribution in [0.15, 0.2) is 41.6 Å². The third kappa shape index (κ3) is 6.68. The van der Waals surface area contributed by atoms with E-state index in [0.717, 1.165) is 40.3 Å². The Morgan fingerprint density at radius 1 is 1.42 bits per heavy atom. The summed E-state index contributed by atoms with van der Waals surface area (Å²) in [5.74, 6) is 5.50. The lowest BCUT2D eigenvalue weighted by atomic mass is 10.00. The summed E-state index contributed by atoms with van der Waals surface area (Å²) in [6, 6.07) is 7.89. The highest BCUT2D eigenvalue weighted by molar-refractivity contribution is 7.17. The SMILES string of the molecule is CC(C)(C)OC(=O)CN(N)/N=C(\N)c1cnc(N2CC=C(c3cccc(Cl)c3)CC2)s1. The highest BCUT2D eigenvalue weighted by atomic mass is 35.5. The maximum absolute atomic E-state index is 11.9. The fourth-order valence-corrected chi connectivity index (χ4v) is 4.09. The molecule has 0 spiro atoms. The third-order valence-electron chi connectivity index (χ3n) is 4.37. The molecule has 0 aliphatic carbocycles. The molecule has 0 amide bonds. The van der Waals surface area contributed by atoms with Gasteiger partial charge in [0, 0.05) is 18.1 Å². The van der Waals surface area contributed by atoms with Crippen LogP contribution in [0.3, 0.4) is 0 Å². The van der Waals surface area contributed by atoms with Crippen molar-refractivity contribution in [2.75, 3.05) is 24.5 Å². The van der Waals surface area contributed by atoms with Gasteiger partial charge < -0.3 is 15.4 Å². The third-order valence-corrected chi connectivity index (χ3v) is 5.68. The summed E-state index contributed by atoms with van der Waals surface area (Å²) in [5, 5.41) is 6.63. The van der Waals surface area contributed by atoms with Crippen LogP contribution in [0, 0.1) is 0 Å². The van der Waals surface area contributed by atoms with Gasteiger partial charge in [-0.1, -0.05) is 41.1 Å². The molecule has 2 heterocycles. The number of benzene rings is 1. The van der Waals surface area contributed by atoms with Crippen molar-refractivity contribution in [3.05, 3.63) is 52.0 Å². The molecule has 166 valence electrons. The molecular weight excluding hydrogens is 436 g/mol. The number of amidine groups is 1. The summed E-state index contributed by atoms with van der Waals surface area (Å²) in [4.78, 5) is 19.2. The van der Waals surface area contributed by atoms with Crippen LogP contribution in [-0.2, 0) is 9.53 Å². The van der Waals surface area contributed by atoms with Gasteiger partial charge >= 0.3 is 5.97 Å². The van der Waals surface area contributed by atoms with Crippen LogP contribution in [-0.4, -0.2) is 47.1 Å². The van der Waals surface area contributed by atoms with E-state index in [1.807, 2.05) is 18.2 Å². The van der Waals surface area contributed by atoms with Gasteiger partial charge in [-0.15, -0.1) is 5.10 Å². The lowest BCUT2D eigenvalue weighted by Gasteiger charge is -2.26. The summed E-state index contributed by atoms with van der Waals surface area (Å²) >= 11 is 7.53. The first kappa shape index (κ1) is 23.1. The quantitative estimate of drug-likeness (QED) is 0.223. The predicted octanol–water partition coefficient (Wildman–Crippen LogP) is 3.23. The topological polar surface area (TPSA) is 110 Å². The Bertz CT molecular complexity index is 998. The second-order valence-corrected chi connectivity index (χ2v) is 9.56. The van der Waals surface area contributed by atoms with Gasteiger partial charge in [0.1, 0.15) is 5.60 Å². The minimum absolute atomic E-state index is 0.196. The maximum Gasteiger partial charge on any atom is 0.329 e. The number of nitrogens with two attached hydrogens (primary N) is 2. The van der Waals surface area contributed by atoms with Gasteiger partial charge in [0.15, 0.2) is 17.5 Å². The molecule has 3 rings (SSSR count). The molecule has 0 unspecified atom stereocenters. The van der Waals surface area contributed by atoms with Gasteiger partial charge in [0.25, 0.3) is 0 Å². The average molecular weight is 463 g/mol. The van der Waals surface area contributed by atoms with E-state index in [4.69, 9.17) is 27.9 Å². The number of carbonyl (C=O) groups is 1. The second-order valence-electron chi connectivity index (χ2n) is 8.11. The van der Waals surface area contributed by atoms with E-state index < -0.39 is 11.6 Å². The van der Waals surface area contributed by atoms with E-state index in [9.17, 15) is 4.79 Å². The number of esters is 1. The molecule has 8 nitrogen and oxygen atoms in total. The number of hydrogen-bond acceptors (Lipinski definition) is 8. The summed E-state index contributed by atoms with van der Waals surface area (Å²) in [6.07, 6.45) is 4.75. The minimum Gasteiger partial charge on any atom is -0.459 e. The zero-order valence-corrected chi connectivity index (χ0v) is 19.4. The molecule has 0 bridgehead atoms. The summed E-state index contributed by atoms with van der Waals surface area (Å²) < 4.78 is 5.23. The van der Waals surface area contributed by atoms with Crippen molar-refractivity contribution >= 4 is 45.4 Å². The molecule has 2 aromatic rings. The Kier molecular flexibility index (Phi) is 7.19. The number of rotatable bonds is 6. The largest absolute Gasteiger partial charge is 0.459 e. The summed E-state index contributed by atoms with van der Waals surface area (Å²) in [6.45, 7) is 6.74. The molecule has 1 aliphatic heterocycles. The van der Waals surface area contributed by atoms with Crippen LogP contribution < -0.4 is 16.5 Å². The lowest BCUT2D eigenvalue weighted by Crippen LogP contribution is -2.37. The molecule has 1 aromatic carbocycles. The molecule has 31 heavy (non-hydrogen) atoms. The Labute approximate surface area is 191 Å². The molecule has 0 saturated heterocycles. The van der Waals surface area contributed by atoms with Crippen LogP contribution in [0.1, 0.15) is 37.6 Å². The zero-order valence-electron chi connectivity index (χ0n) is 17.8. The lowest BCUT2D eigenvalue weighted by molar-refractivity contribution is -0.156. The van der Waals surface area contributed by atoms with E-state index in [1.54, 1.807) is 27.0 Å². The van der Waals surface area contributed by atoms with Crippen LogP contribution in [0.2, 0.25) is 5.02 Å². The highest BCUT2D eigenvalue weighted by Gasteiger charge is 2.19. The number of hydrazone groups is 1. The van der Waals surface area contributed by atoms with Gasteiger partial charge in [0.2, 0.25) is 0 Å². The average Bonchev–Trinajstić information content (AvgIpc) is 3.17. The van der Waals surface area contributed by atoms with Crippen LogP contribution >= 0.6 is 22.9 Å². The number of hydrogen-bond donors (Lipinski definition) is 2. The molecule has 0 radical (unpaired) electrons. The second kappa shape index (κ2) is 9.67. The first-order valence-electron chi connectivity index (χ1n) is 9.85. The van der Waals surface area contributed by atoms with Crippen molar-refractivity contribution < 1.29 is 9.53 Å². The van der Waals surface area contributed by atoms with E-state index in [0.29, 0.717) is 4.88 Å². The number of anilines is 1. The van der Waals surface area contributed by atoms with Gasteiger partial charge in [-0.25, -0.2) is 20.7 Å². The van der Waals surface area contributed by atoms with E-state index >= 15 is 0 Å². The number of carbonyl (C=O) groups excluding carboxylic acids is 1. The number of thiazole rings is 1. The summed E-state index contributed by atoms with van der Waals surface area (Å²) in [7, 11) is 0. The number of hydrazine groups is 1. The molecule has 0 saturated carbocycles. The van der Waals surface area contributed by atoms with Crippen molar-refractivity contribution in [1.29, 1.82) is 0 Å². The number of ether oxygens (including phenoxy) is 1.